The van der Waals surface area contributed by atoms with Gasteiger partial charge in [0.25, 0.3) is 0 Å². The highest BCUT2D eigenvalue weighted by Gasteiger charge is 1.99. The summed E-state index contributed by atoms with van der Waals surface area (Å²) in [5, 5.41) is 0. The van der Waals surface area contributed by atoms with Gasteiger partial charge in [-0.05, 0) is 48.4 Å². The molecule has 0 saturated heterocycles. The van der Waals surface area contributed by atoms with Crippen LogP contribution < -0.4 is 0 Å². The van der Waals surface area contributed by atoms with Crippen molar-refractivity contribution in [3.05, 3.63) is 71.8 Å². The van der Waals surface area contributed by atoms with E-state index in [-0.39, 0.29) is 0 Å². The number of hydrogen-bond donors (Lipinski definition) is 0. The van der Waals surface area contributed by atoms with Crippen LogP contribution in [0.5, 0.6) is 0 Å². The maximum atomic E-state index is 2.28. The smallest absolute Gasteiger partial charge is 0.00976 e. The van der Waals surface area contributed by atoms with E-state index in [4.69, 9.17) is 0 Å². The van der Waals surface area contributed by atoms with E-state index < -0.39 is 0 Å². The summed E-state index contributed by atoms with van der Waals surface area (Å²) in [7, 11) is 0. The van der Waals surface area contributed by atoms with Crippen LogP contribution in [0.1, 0.15) is 44.2 Å². The first-order valence-electron chi connectivity index (χ1n) is 8.13. The van der Waals surface area contributed by atoms with Gasteiger partial charge in [-0.25, -0.2) is 0 Å². The average molecular weight is 278 g/mol. The van der Waals surface area contributed by atoms with E-state index in [0.717, 1.165) is 6.42 Å². The fourth-order valence-electron chi connectivity index (χ4n) is 2.53. The quantitative estimate of drug-likeness (QED) is 0.417. The van der Waals surface area contributed by atoms with Crippen LogP contribution in [-0.4, -0.2) is 0 Å². The number of allylic oxidation sites excluding steroid dienone is 2. The summed E-state index contributed by atoms with van der Waals surface area (Å²) in [6, 6.07) is 18.0. The van der Waals surface area contributed by atoms with Gasteiger partial charge in [0.2, 0.25) is 0 Å². The second kappa shape index (κ2) is 8.46. The Bertz CT molecular complexity index is 544. The molecule has 0 heteroatoms. The zero-order valence-electron chi connectivity index (χ0n) is 13.3. The molecule has 0 aliphatic carbocycles. The fourth-order valence-corrected chi connectivity index (χ4v) is 2.53. The molecule has 21 heavy (non-hydrogen) atoms. The molecule has 110 valence electrons. The van der Waals surface area contributed by atoms with E-state index in [9.17, 15) is 0 Å². The van der Waals surface area contributed by atoms with Gasteiger partial charge >= 0.3 is 0 Å². The molecule has 0 aliphatic rings. The summed E-state index contributed by atoms with van der Waals surface area (Å²) < 4.78 is 0. The molecule has 2 aromatic carbocycles. The lowest BCUT2D eigenvalue weighted by Gasteiger charge is -2.05. The van der Waals surface area contributed by atoms with Gasteiger partial charge in [0.15, 0.2) is 0 Å². The molecule has 2 rings (SSSR count). The second-order valence-electron chi connectivity index (χ2n) is 5.62. The minimum Gasteiger partial charge on any atom is -0.0913 e. The van der Waals surface area contributed by atoms with E-state index in [1.54, 1.807) is 0 Å². The average Bonchev–Trinajstić information content (AvgIpc) is 2.54. The fraction of sp³-hybridized carbons (Fsp3) is 0.333. The first-order chi connectivity index (χ1) is 10.3. The number of unbranched alkanes of at least 4 members (excludes halogenated alkanes) is 2. The van der Waals surface area contributed by atoms with Crippen molar-refractivity contribution in [2.75, 3.05) is 0 Å². The van der Waals surface area contributed by atoms with Crippen LogP contribution in [0.25, 0.3) is 11.1 Å². The van der Waals surface area contributed by atoms with Crippen molar-refractivity contribution >= 4 is 0 Å². The molecule has 0 spiro atoms. The lowest BCUT2D eigenvalue weighted by Crippen LogP contribution is -1.86. The molecule has 0 nitrogen and oxygen atoms in total. The lowest BCUT2D eigenvalue weighted by molar-refractivity contribution is 0.717. The number of benzene rings is 2. The van der Waals surface area contributed by atoms with Crippen LogP contribution in [0.2, 0.25) is 0 Å². The Morgan fingerprint density at radius 3 is 1.86 bits per heavy atom. The summed E-state index contributed by atoms with van der Waals surface area (Å²) in [5.74, 6) is 0. The molecule has 0 heterocycles. The van der Waals surface area contributed by atoms with Crippen molar-refractivity contribution in [1.82, 2.24) is 0 Å². The zero-order chi connectivity index (χ0) is 14.9. The van der Waals surface area contributed by atoms with Crippen LogP contribution in [-0.2, 0) is 12.8 Å². The Balaban J connectivity index is 2.01. The predicted octanol–water partition coefficient (Wildman–Crippen LogP) is 6.20. The molecule has 0 aromatic heterocycles. The van der Waals surface area contributed by atoms with Crippen LogP contribution in [0.15, 0.2) is 60.7 Å². The normalized spacial score (nSPS) is 11.1. The number of hydrogen-bond acceptors (Lipinski definition) is 0. The lowest BCUT2D eigenvalue weighted by atomic mass is 10.00. The highest BCUT2D eigenvalue weighted by Crippen LogP contribution is 2.21. The molecule has 2 aromatic rings. The molecule has 0 aliphatic heterocycles. The van der Waals surface area contributed by atoms with Gasteiger partial charge in [0, 0.05) is 0 Å². The van der Waals surface area contributed by atoms with Crippen molar-refractivity contribution in [3.63, 3.8) is 0 Å². The highest BCUT2D eigenvalue weighted by molar-refractivity contribution is 5.64. The zero-order valence-corrected chi connectivity index (χ0v) is 13.3. The summed E-state index contributed by atoms with van der Waals surface area (Å²) in [6.45, 7) is 4.32. The number of rotatable bonds is 7. The van der Waals surface area contributed by atoms with E-state index in [2.05, 4.69) is 74.5 Å². The van der Waals surface area contributed by atoms with Crippen LogP contribution in [0.4, 0.5) is 0 Å². The summed E-state index contributed by atoms with van der Waals surface area (Å²) >= 11 is 0. The highest BCUT2D eigenvalue weighted by atomic mass is 14.0. The van der Waals surface area contributed by atoms with Crippen molar-refractivity contribution in [1.29, 1.82) is 0 Å². The summed E-state index contributed by atoms with van der Waals surface area (Å²) in [5.41, 5.74) is 5.44. The first kappa shape index (κ1) is 15.6. The molecule has 0 N–H and O–H groups in total. The minimum absolute atomic E-state index is 1.02. The van der Waals surface area contributed by atoms with Crippen molar-refractivity contribution in [3.8, 4) is 11.1 Å². The molecule has 0 radical (unpaired) electrons. The van der Waals surface area contributed by atoms with Crippen molar-refractivity contribution in [2.45, 2.75) is 46.0 Å². The summed E-state index contributed by atoms with van der Waals surface area (Å²) in [4.78, 5) is 0. The maximum absolute atomic E-state index is 2.28. The van der Waals surface area contributed by atoms with Crippen molar-refractivity contribution in [2.24, 2.45) is 0 Å². The third kappa shape index (κ3) is 4.90. The molecule has 0 bridgehead atoms. The van der Waals surface area contributed by atoms with Crippen LogP contribution in [0.3, 0.4) is 0 Å². The third-order valence-electron chi connectivity index (χ3n) is 3.90. The van der Waals surface area contributed by atoms with Gasteiger partial charge in [0.1, 0.15) is 0 Å². The van der Waals surface area contributed by atoms with Gasteiger partial charge < -0.3 is 0 Å². The third-order valence-corrected chi connectivity index (χ3v) is 3.90. The summed E-state index contributed by atoms with van der Waals surface area (Å²) in [6.07, 6.45) is 10.4. The SMILES string of the molecule is C/C=C/Cc1ccc(-c2ccc(CCCCC)cc2)cc1. The van der Waals surface area contributed by atoms with Crippen LogP contribution in [0, 0.1) is 0 Å². The van der Waals surface area contributed by atoms with E-state index in [1.807, 2.05) is 0 Å². The maximum Gasteiger partial charge on any atom is -0.00976 e. The number of aryl methyl sites for hydroxylation is 1. The Kier molecular flexibility index (Phi) is 6.27. The Morgan fingerprint density at radius 2 is 1.33 bits per heavy atom. The molecule has 0 unspecified atom stereocenters. The minimum atomic E-state index is 1.02. The Hall–Kier alpha value is -1.82. The Labute approximate surface area is 129 Å². The predicted molar refractivity (Wildman–Crippen MR) is 93.6 cm³/mol. The molecule has 0 fully saturated rings. The molecular weight excluding hydrogens is 252 g/mol. The van der Waals surface area contributed by atoms with E-state index in [0.29, 0.717) is 0 Å². The van der Waals surface area contributed by atoms with Gasteiger partial charge in [-0.15, -0.1) is 0 Å². The van der Waals surface area contributed by atoms with Gasteiger partial charge in [-0.2, -0.15) is 0 Å². The molecule has 0 saturated carbocycles. The molecule has 0 atom stereocenters. The first-order valence-corrected chi connectivity index (χ1v) is 8.13. The van der Waals surface area contributed by atoms with E-state index >= 15 is 0 Å². The largest absolute Gasteiger partial charge is 0.0913 e. The second-order valence-corrected chi connectivity index (χ2v) is 5.62. The topological polar surface area (TPSA) is 0 Å². The Morgan fingerprint density at radius 1 is 0.762 bits per heavy atom. The van der Waals surface area contributed by atoms with E-state index in [1.165, 1.54) is 47.9 Å². The van der Waals surface area contributed by atoms with Gasteiger partial charge in [0.05, 0.1) is 0 Å². The molecular formula is C21H26. The molecule has 0 amide bonds. The standard InChI is InChI=1S/C21H26/c1-3-5-7-9-19-12-16-21(17-13-19)20-14-10-18(11-15-20)8-6-4-2/h4,6,10-17H,3,5,7-9H2,1-2H3/b6-4+. The monoisotopic (exact) mass is 278 g/mol. The van der Waals surface area contributed by atoms with Crippen molar-refractivity contribution < 1.29 is 0 Å². The van der Waals surface area contributed by atoms with Gasteiger partial charge in [-0.1, -0.05) is 80.4 Å². The van der Waals surface area contributed by atoms with Crippen LogP contribution >= 0.6 is 0 Å². The van der Waals surface area contributed by atoms with Gasteiger partial charge in [-0.3, -0.25) is 0 Å².